The molecule has 36 heavy (non-hydrogen) atoms. The Morgan fingerprint density at radius 3 is 2.36 bits per heavy atom. The first kappa shape index (κ1) is 24.9. The highest BCUT2D eigenvalue weighted by molar-refractivity contribution is 7.92. The summed E-state index contributed by atoms with van der Waals surface area (Å²) in [6.45, 7) is 3.63. The maximum atomic E-state index is 13.6. The number of carbonyl (C=O) groups is 2. The van der Waals surface area contributed by atoms with Crippen molar-refractivity contribution in [3.05, 3.63) is 83.9 Å². The van der Waals surface area contributed by atoms with Crippen LogP contribution in [0.2, 0.25) is 0 Å². The van der Waals surface area contributed by atoms with E-state index in [1.807, 2.05) is 13.8 Å². The standard InChI is InChI=1S/C26H26N4O5S/c1-4-35-20-13-15-21(16-14-20)36(33,34)30(19-11-9-18(2)10-12-19)17-24(31)27-28-25-22-7-5-6-8-23(22)29(3)26(25)32/h5-16H,4,17H2,1-3H3,(H,27,31)/b28-25+. The number of nitrogens with one attached hydrogen (secondary N) is 1. The average molecular weight is 507 g/mol. The van der Waals surface area contributed by atoms with Crippen LogP contribution in [0.5, 0.6) is 5.75 Å². The summed E-state index contributed by atoms with van der Waals surface area (Å²) in [7, 11) is -2.49. The number of benzene rings is 3. The molecule has 0 fully saturated rings. The lowest BCUT2D eigenvalue weighted by atomic mass is 10.1. The topological polar surface area (TPSA) is 108 Å². The summed E-state index contributed by atoms with van der Waals surface area (Å²) in [5.74, 6) is -0.523. The Morgan fingerprint density at radius 1 is 1.03 bits per heavy atom. The molecule has 0 atom stereocenters. The van der Waals surface area contributed by atoms with Crippen molar-refractivity contribution in [3.8, 4) is 5.75 Å². The first-order valence-corrected chi connectivity index (χ1v) is 12.7. The number of fused-ring (bicyclic) bond motifs is 1. The highest BCUT2D eigenvalue weighted by Gasteiger charge is 2.32. The molecule has 186 valence electrons. The van der Waals surface area contributed by atoms with Crippen LogP contribution < -0.4 is 19.4 Å². The Balaban J connectivity index is 1.61. The van der Waals surface area contributed by atoms with Crippen molar-refractivity contribution in [2.75, 3.05) is 29.4 Å². The Hall–Kier alpha value is -4.18. The molecule has 0 aliphatic carbocycles. The minimum absolute atomic E-state index is 0.00663. The summed E-state index contributed by atoms with van der Waals surface area (Å²) in [6.07, 6.45) is 0. The third-order valence-corrected chi connectivity index (χ3v) is 7.44. The quantitative estimate of drug-likeness (QED) is 0.473. The van der Waals surface area contributed by atoms with Crippen LogP contribution in [-0.4, -0.2) is 46.1 Å². The highest BCUT2D eigenvalue weighted by Crippen LogP contribution is 2.28. The Labute approximate surface area is 210 Å². The van der Waals surface area contributed by atoms with Crippen LogP contribution >= 0.6 is 0 Å². The van der Waals surface area contributed by atoms with Crippen LogP contribution in [0.4, 0.5) is 11.4 Å². The van der Waals surface area contributed by atoms with E-state index < -0.39 is 22.5 Å². The number of para-hydroxylation sites is 1. The number of aryl methyl sites for hydroxylation is 1. The van der Waals surface area contributed by atoms with Crippen LogP contribution in [0, 0.1) is 6.92 Å². The molecule has 0 bridgehead atoms. The molecule has 2 amide bonds. The molecule has 4 rings (SSSR count). The number of amides is 2. The van der Waals surface area contributed by atoms with E-state index in [-0.39, 0.29) is 16.5 Å². The molecule has 1 aliphatic heterocycles. The van der Waals surface area contributed by atoms with Crippen molar-refractivity contribution >= 4 is 38.9 Å². The van der Waals surface area contributed by atoms with Crippen LogP contribution in [0.3, 0.4) is 0 Å². The molecule has 3 aromatic rings. The number of hydrazone groups is 1. The average Bonchev–Trinajstić information content (AvgIpc) is 3.12. The zero-order valence-corrected chi connectivity index (χ0v) is 21.0. The number of ether oxygens (including phenoxy) is 1. The van der Waals surface area contributed by atoms with Crippen LogP contribution in [-0.2, 0) is 19.6 Å². The molecule has 0 spiro atoms. The molecule has 0 radical (unpaired) electrons. The lowest BCUT2D eigenvalue weighted by Crippen LogP contribution is -2.40. The molecule has 1 N–H and O–H groups in total. The van der Waals surface area contributed by atoms with Crippen LogP contribution in [0.25, 0.3) is 0 Å². The van der Waals surface area contributed by atoms with E-state index >= 15 is 0 Å². The van der Waals surface area contributed by atoms with Gasteiger partial charge in [-0.1, -0.05) is 35.9 Å². The Bertz CT molecular complexity index is 1420. The highest BCUT2D eigenvalue weighted by atomic mass is 32.2. The molecular formula is C26H26N4O5S. The zero-order chi connectivity index (χ0) is 25.9. The van der Waals surface area contributed by atoms with Gasteiger partial charge in [0.1, 0.15) is 12.3 Å². The predicted octanol–water partition coefficient (Wildman–Crippen LogP) is 3.09. The Morgan fingerprint density at radius 2 is 1.69 bits per heavy atom. The van der Waals surface area contributed by atoms with Gasteiger partial charge in [0.05, 0.1) is 22.9 Å². The van der Waals surface area contributed by atoms with Gasteiger partial charge in [-0.05, 0) is 56.3 Å². The summed E-state index contributed by atoms with van der Waals surface area (Å²) in [5, 5.41) is 4.03. The molecule has 1 aliphatic rings. The van der Waals surface area contributed by atoms with E-state index in [1.165, 1.54) is 17.0 Å². The maximum absolute atomic E-state index is 13.6. The van der Waals surface area contributed by atoms with Crippen LogP contribution in [0.1, 0.15) is 18.1 Å². The summed E-state index contributed by atoms with van der Waals surface area (Å²) in [6, 6.07) is 19.9. The van der Waals surface area contributed by atoms with Gasteiger partial charge < -0.3 is 9.64 Å². The van der Waals surface area contributed by atoms with Gasteiger partial charge >= 0.3 is 0 Å². The minimum atomic E-state index is -4.11. The van der Waals surface area contributed by atoms with Crippen molar-refractivity contribution in [2.24, 2.45) is 5.10 Å². The molecule has 0 unspecified atom stereocenters. The van der Waals surface area contributed by atoms with Gasteiger partial charge in [-0.3, -0.25) is 13.9 Å². The normalized spacial score (nSPS) is 14.0. The number of rotatable bonds is 8. The summed E-state index contributed by atoms with van der Waals surface area (Å²) < 4.78 is 33.5. The van der Waals surface area contributed by atoms with Crippen molar-refractivity contribution in [2.45, 2.75) is 18.7 Å². The number of sulfonamides is 1. The zero-order valence-electron chi connectivity index (χ0n) is 20.1. The third-order valence-electron chi connectivity index (χ3n) is 5.65. The first-order chi connectivity index (χ1) is 17.2. The van der Waals surface area contributed by atoms with Crippen molar-refractivity contribution < 1.29 is 22.7 Å². The lowest BCUT2D eigenvalue weighted by molar-refractivity contribution is -0.119. The monoisotopic (exact) mass is 506 g/mol. The van der Waals surface area contributed by atoms with E-state index in [0.717, 1.165) is 9.87 Å². The lowest BCUT2D eigenvalue weighted by Gasteiger charge is -2.24. The van der Waals surface area contributed by atoms with Gasteiger partial charge in [-0.2, -0.15) is 5.10 Å². The molecule has 9 nitrogen and oxygen atoms in total. The van der Waals surface area contributed by atoms with Crippen molar-refractivity contribution in [1.29, 1.82) is 0 Å². The van der Waals surface area contributed by atoms with Gasteiger partial charge in [0, 0.05) is 12.6 Å². The van der Waals surface area contributed by atoms with E-state index in [9.17, 15) is 18.0 Å². The number of hydrogen-bond acceptors (Lipinski definition) is 6. The molecular weight excluding hydrogens is 480 g/mol. The van der Waals surface area contributed by atoms with Crippen LogP contribution in [0.15, 0.2) is 82.8 Å². The third kappa shape index (κ3) is 4.94. The molecule has 0 aromatic heterocycles. The number of anilines is 2. The molecule has 3 aromatic carbocycles. The summed E-state index contributed by atoms with van der Waals surface area (Å²) in [5.41, 5.74) is 4.95. The van der Waals surface area contributed by atoms with Gasteiger partial charge in [-0.25, -0.2) is 13.8 Å². The second kappa shape index (κ2) is 10.2. The van der Waals surface area contributed by atoms with Crippen molar-refractivity contribution in [1.82, 2.24) is 5.43 Å². The number of likely N-dealkylation sites (N-methyl/N-ethyl adjacent to an activating group) is 1. The van der Waals surface area contributed by atoms with Gasteiger partial charge in [-0.15, -0.1) is 0 Å². The maximum Gasteiger partial charge on any atom is 0.279 e. The van der Waals surface area contributed by atoms with Crippen molar-refractivity contribution in [3.63, 3.8) is 0 Å². The van der Waals surface area contributed by atoms with E-state index in [4.69, 9.17) is 4.74 Å². The predicted molar refractivity (Wildman–Crippen MR) is 138 cm³/mol. The minimum Gasteiger partial charge on any atom is -0.494 e. The fraction of sp³-hybridized carbons (Fsp3) is 0.192. The fourth-order valence-corrected chi connectivity index (χ4v) is 5.19. The number of hydrogen-bond donors (Lipinski definition) is 1. The van der Waals surface area contributed by atoms with Gasteiger partial charge in [0.15, 0.2) is 5.71 Å². The molecule has 0 saturated carbocycles. The largest absolute Gasteiger partial charge is 0.494 e. The molecule has 1 heterocycles. The Kier molecular flexibility index (Phi) is 7.07. The summed E-state index contributed by atoms with van der Waals surface area (Å²) in [4.78, 5) is 26.9. The first-order valence-electron chi connectivity index (χ1n) is 11.3. The number of carbonyl (C=O) groups excluding carboxylic acids is 2. The molecule has 0 saturated heterocycles. The van der Waals surface area contributed by atoms with Gasteiger partial charge in [0.25, 0.3) is 21.8 Å². The SMILES string of the molecule is CCOc1ccc(S(=O)(=O)N(CC(=O)N/N=C2/C(=O)N(C)c3ccccc32)c2ccc(C)cc2)cc1. The molecule has 10 heteroatoms. The smallest absolute Gasteiger partial charge is 0.279 e. The van der Waals surface area contributed by atoms with E-state index in [0.29, 0.717) is 29.3 Å². The van der Waals surface area contributed by atoms with E-state index in [2.05, 4.69) is 10.5 Å². The summed E-state index contributed by atoms with van der Waals surface area (Å²) >= 11 is 0. The van der Waals surface area contributed by atoms with E-state index in [1.54, 1.807) is 67.7 Å². The second-order valence-corrected chi connectivity index (χ2v) is 9.99. The number of nitrogens with zero attached hydrogens (tertiary/aromatic N) is 3. The van der Waals surface area contributed by atoms with Gasteiger partial charge in [0.2, 0.25) is 0 Å². The fourth-order valence-electron chi connectivity index (χ4n) is 3.77. The second-order valence-electron chi connectivity index (χ2n) is 8.13.